The van der Waals surface area contributed by atoms with Crippen molar-refractivity contribution in [2.45, 2.75) is 25.7 Å². The van der Waals surface area contributed by atoms with Crippen molar-refractivity contribution in [2.24, 2.45) is 0 Å². The van der Waals surface area contributed by atoms with Crippen LogP contribution in [0.1, 0.15) is 18.9 Å². The van der Waals surface area contributed by atoms with Gasteiger partial charge in [0.15, 0.2) is 5.65 Å². The Balaban J connectivity index is 1.74. The highest BCUT2D eigenvalue weighted by Crippen LogP contribution is 2.19. The minimum absolute atomic E-state index is 0.293. The molecule has 25 heavy (non-hydrogen) atoms. The molecule has 1 saturated heterocycles. The third kappa shape index (κ3) is 4.09. The molecule has 1 atom stereocenters. The second-order valence-electron chi connectivity index (χ2n) is 6.24. The molecule has 0 saturated carbocycles. The van der Waals surface area contributed by atoms with E-state index in [0.717, 1.165) is 18.7 Å². The maximum absolute atomic E-state index is 12.7. The summed E-state index contributed by atoms with van der Waals surface area (Å²) in [5, 5.41) is 6.04. The molecule has 1 fully saturated rings. The van der Waals surface area contributed by atoms with E-state index >= 15 is 0 Å². The molecule has 0 amide bonds. The number of nitrogens with zero attached hydrogens (tertiary/aromatic N) is 5. The zero-order chi connectivity index (χ0) is 18.0. The van der Waals surface area contributed by atoms with Crippen molar-refractivity contribution >= 4 is 15.7 Å². The fourth-order valence-electron chi connectivity index (χ4n) is 2.67. The molecular weight excluding hydrogens is 344 g/mol. The van der Waals surface area contributed by atoms with Crippen molar-refractivity contribution in [3.63, 3.8) is 0 Å². The lowest BCUT2D eigenvalue weighted by atomic mass is 10.3. The molecule has 1 aliphatic heterocycles. The van der Waals surface area contributed by atoms with Crippen LogP contribution in [0.25, 0.3) is 5.65 Å². The van der Waals surface area contributed by atoms with Crippen LogP contribution in [0.4, 0.5) is 0 Å². The summed E-state index contributed by atoms with van der Waals surface area (Å²) in [7, 11) is -1.66. The highest BCUT2D eigenvalue weighted by atomic mass is 32.2. The number of fused-ring (bicyclic) bond motifs is 1. The average molecular weight is 368 g/mol. The zero-order valence-corrected chi connectivity index (χ0v) is 15.5. The Morgan fingerprint density at radius 3 is 2.72 bits per heavy atom. The number of nitrogens with one attached hydrogen (secondary N) is 1. The minimum atomic E-state index is -3.67. The van der Waals surface area contributed by atoms with Crippen molar-refractivity contribution in [3.8, 4) is 5.88 Å². The van der Waals surface area contributed by atoms with Gasteiger partial charge in [0.2, 0.25) is 11.3 Å². The molecule has 1 aliphatic rings. The number of hydrogen-bond donors (Lipinski definition) is 1. The Bertz CT molecular complexity index is 829. The molecule has 0 aliphatic carbocycles. The van der Waals surface area contributed by atoms with Crippen LogP contribution in [-0.2, 0) is 10.0 Å². The average Bonchev–Trinajstić information content (AvgIpc) is 3.01. The van der Waals surface area contributed by atoms with Crippen molar-refractivity contribution in [1.29, 1.82) is 0 Å². The van der Waals surface area contributed by atoms with Gasteiger partial charge < -0.3 is 9.64 Å². The van der Waals surface area contributed by atoms with Gasteiger partial charge in [-0.2, -0.15) is 0 Å². The molecule has 2 aromatic rings. The van der Waals surface area contributed by atoms with Crippen molar-refractivity contribution < 1.29 is 13.2 Å². The van der Waals surface area contributed by atoms with E-state index in [9.17, 15) is 8.42 Å². The molecule has 0 bridgehead atoms. The number of hydrogen-bond acceptors (Lipinski definition) is 7. The van der Waals surface area contributed by atoms with E-state index in [-0.39, 0.29) is 0 Å². The Hall–Kier alpha value is -1.75. The largest absolute Gasteiger partial charge is 0.455 e. The number of hydrazine groups is 1. The van der Waals surface area contributed by atoms with Gasteiger partial charge in [0.05, 0.1) is 0 Å². The maximum Gasteiger partial charge on any atom is 0.262 e. The van der Waals surface area contributed by atoms with Crippen LogP contribution in [-0.4, -0.2) is 71.6 Å². The summed E-state index contributed by atoms with van der Waals surface area (Å²) in [6.07, 6.45) is 3.64. The number of aryl methyl sites for hydroxylation is 1. The molecule has 3 rings (SSSR count). The molecule has 0 spiro atoms. The summed E-state index contributed by atoms with van der Waals surface area (Å²) in [5.41, 5.74) is 0.419. The van der Waals surface area contributed by atoms with E-state index < -0.39 is 15.5 Å². The molecule has 1 unspecified atom stereocenters. The van der Waals surface area contributed by atoms with E-state index in [0.29, 0.717) is 31.0 Å². The topological polar surface area (TPSA) is 92.1 Å². The van der Waals surface area contributed by atoms with Crippen LogP contribution in [0.2, 0.25) is 0 Å². The van der Waals surface area contributed by atoms with Crippen LogP contribution in [0.15, 0.2) is 18.5 Å². The van der Waals surface area contributed by atoms with Gasteiger partial charge in [-0.3, -0.25) is 0 Å². The fourth-order valence-corrected chi connectivity index (χ4v) is 3.99. The Morgan fingerprint density at radius 2 is 2.04 bits per heavy atom. The zero-order valence-electron chi connectivity index (χ0n) is 14.7. The second kappa shape index (κ2) is 7.24. The Labute approximate surface area is 147 Å². The number of likely N-dealkylation sites (N-methyl/N-ethyl adjacent to an activating group) is 1. The van der Waals surface area contributed by atoms with E-state index in [1.165, 1.54) is 0 Å². The number of ether oxygens (including phenoxy) is 1. The first-order valence-corrected chi connectivity index (χ1v) is 9.86. The summed E-state index contributed by atoms with van der Waals surface area (Å²) >= 11 is 0. The Morgan fingerprint density at radius 1 is 1.32 bits per heavy atom. The van der Waals surface area contributed by atoms with Crippen molar-refractivity contribution in [2.75, 3.05) is 33.2 Å². The summed E-state index contributed by atoms with van der Waals surface area (Å²) in [5.74, 6) is 0.293. The number of aromatic nitrogens is 3. The van der Waals surface area contributed by atoms with E-state index in [2.05, 4.69) is 19.8 Å². The van der Waals surface area contributed by atoms with Gasteiger partial charge in [-0.05, 0) is 26.5 Å². The van der Waals surface area contributed by atoms with Gasteiger partial charge in [-0.1, -0.05) is 6.92 Å². The lowest BCUT2D eigenvalue weighted by Crippen LogP contribution is -2.54. The van der Waals surface area contributed by atoms with Crippen LogP contribution in [0.5, 0.6) is 5.88 Å². The van der Waals surface area contributed by atoms with Gasteiger partial charge >= 0.3 is 0 Å². The van der Waals surface area contributed by atoms with Crippen molar-refractivity contribution in [1.82, 2.24) is 29.3 Å². The number of rotatable bonds is 6. The van der Waals surface area contributed by atoms with Gasteiger partial charge in [0.1, 0.15) is 0 Å². The van der Waals surface area contributed by atoms with Gasteiger partial charge in [-0.15, -0.1) is 9.93 Å². The van der Waals surface area contributed by atoms with Gasteiger partial charge in [0.25, 0.3) is 10.0 Å². The molecule has 2 aromatic heterocycles. The third-order valence-electron chi connectivity index (χ3n) is 4.21. The van der Waals surface area contributed by atoms with E-state index in [1.54, 1.807) is 28.8 Å². The first-order chi connectivity index (χ1) is 11.9. The fraction of sp³-hybridized carbons (Fsp3) is 0.600. The smallest absolute Gasteiger partial charge is 0.262 e. The minimum Gasteiger partial charge on any atom is -0.455 e. The van der Waals surface area contributed by atoms with E-state index in [4.69, 9.17) is 4.74 Å². The summed E-state index contributed by atoms with van der Waals surface area (Å²) in [4.78, 5) is 8.96. The molecular formula is C15H24N6O3S. The van der Waals surface area contributed by atoms with Crippen LogP contribution in [0.3, 0.4) is 0 Å². The first-order valence-electron chi connectivity index (χ1n) is 8.31. The highest BCUT2D eigenvalue weighted by molar-refractivity contribution is 7.89. The van der Waals surface area contributed by atoms with Crippen LogP contribution < -0.4 is 9.57 Å². The van der Waals surface area contributed by atoms with Crippen LogP contribution in [0, 0.1) is 6.92 Å². The molecule has 138 valence electrons. The first kappa shape index (κ1) is 18.1. The predicted octanol–water partition coefficient (Wildman–Crippen LogP) is 0.234. The Kier molecular flexibility index (Phi) is 5.23. The van der Waals surface area contributed by atoms with Crippen LogP contribution >= 0.6 is 0 Å². The SMILES string of the molecule is CCC(Oc1nn2ccnc2cc1C)S(=O)(=O)NN1CCN(C)CC1. The summed E-state index contributed by atoms with van der Waals surface area (Å²) in [6.45, 7) is 6.52. The second-order valence-corrected chi connectivity index (χ2v) is 8.04. The molecule has 0 radical (unpaired) electrons. The monoisotopic (exact) mass is 368 g/mol. The third-order valence-corrected chi connectivity index (χ3v) is 5.85. The maximum atomic E-state index is 12.7. The number of imidazole rings is 1. The normalized spacial score (nSPS) is 18.5. The summed E-state index contributed by atoms with van der Waals surface area (Å²) < 4.78 is 32.7. The van der Waals surface area contributed by atoms with Crippen molar-refractivity contribution in [3.05, 3.63) is 24.0 Å². The van der Waals surface area contributed by atoms with Gasteiger partial charge in [-0.25, -0.2) is 22.9 Å². The molecule has 9 nitrogen and oxygen atoms in total. The quantitative estimate of drug-likeness (QED) is 0.780. The predicted molar refractivity (Wildman–Crippen MR) is 93.6 cm³/mol. The van der Waals surface area contributed by atoms with Gasteiger partial charge in [0, 0.05) is 44.1 Å². The molecule has 10 heteroatoms. The van der Waals surface area contributed by atoms with E-state index in [1.807, 2.05) is 20.0 Å². The molecule has 1 N–H and O–H groups in total. The molecule has 0 aromatic carbocycles. The number of piperazine rings is 1. The number of sulfonamides is 1. The lowest BCUT2D eigenvalue weighted by Gasteiger charge is -2.33. The highest BCUT2D eigenvalue weighted by Gasteiger charge is 2.30. The molecule has 3 heterocycles. The standard InChI is InChI=1S/C15H24N6O3S/c1-4-14(25(22,23)18-20-9-7-19(3)8-10-20)24-15-12(2)11-13-16-5-6-21(13)17-15/h5-6,11,14,18H,4,7-10H2,1-3H3. The lowest BCUT2D eigenvalue weighted by molar-refractivity contribution is 0.131. The summed E-state index contributed by atoms with van der Waals surface area (Å²) in [6, 6.07) is 1.82.